The second kappa shape index (κ2) is 14.3. The van der Waals surface area contributed by atoms with Gasteiger partial charge in [-0.25, -0.2) is 19.4 Å². The fourth-order valence-electron chi connectivity index (χ4n) is 7.63. The molecule has 10 heteroatoms. The summed E-state index contributed by atoms with van der Waals surface area (Å²) in [6, 6.07) is 27.9. The molecule has 268 valence electrons. The quantitative estimate of drug-likeness (QED) is 0.149. The summed E-state index contributed by atoms with van der Waals surface area (Å²) in [6.45, 7) is 12.3. The third-order valence-corrected chi connectivity index (χ3v) is 10.1. The molecule has 7 rings (SSSR count). The van der Waals surface area contributed by atoms with Gasteiger partial charge in [-0.1, -0.05) is 56.7 Å². The predicted octanol–water partition coefficient (Wildman–Crippen LogP) is 8.90. The number of nitrogens with one attached hydrogen (secondary N) is 3. The number of carbonyl (C=O) groups is 2. The number of urea groups is 1. The zero-order valence-corrected chi connectivity index (χ0v) is 30.9. The van der Waals surface area contributed by atoms with Gasteiger partial charge in [-0.2, -0.15) is 5.10 Å². The van der Waals surface area contributed by atoms with Crippen molar-refractivity contribution in [2.24, 2.45) is 5.92 Å². The molecule has 10 nitrogen and oxygen atoms in total. The van der Waals surface area contributed by atoms with Gasteiger partial charge in [0.15, 0.2) is 0 Å². The van der Waals surface area contributed by atoms with Gasteiger partial charge in [-0.05, 0) is 113 Å². The van der Waals surface area contributed by atoms with E-state index in [9.17, 15) is 9.59 Å². The van der Waals surface area contributed by atoms with Crippen molar-refractivity contribution in [3.63, 3.8) is 0 Å². The number of hydrogen-bond acceptors (Lipinski definition) is 6. The summed E-state index contributed by atoms with van der Waals surface area (Å²) in [5, 5.41) is 14.1. The Morgan fingerprint density at radius 3 is 2.12 bits per heavy atom. The van der Waals surface area contributed by atoms with Crippen molar-refractivity contribution in [3.8, 4) is 5.69 Å². The molecule has 2 saturated heterocycles. The molecule has 3 N–H and O–H groups in total. The zero-order chi connectivity index (χ0) is 36.6. The van der Waals surface area contributed by atoms with E-state index < -0.39 is 0 Å². The van der Waals surface area contributed by atoms with E-state index in [0.29, 0.717) is 23.2 Å². The normalized spacial score (nSPS) is 18.3. The van der Waals surface area contributed by atoms with Crippen LogP contribution in [0.5, 0.6) is 0 Å². The van der Waals surface area contributed by atoms with Crippen LogP contribution in [0.25, 0.3) is 5.69 Å². The molecule has 2 aliphatic rings. The second-order valence-corrected chi connectivity index (χ2v) is 15.5. The fourth-order valence-corrected chi connectivity index (χ4v) is 7.63. The highest BCUT2D eigenvalue weighted by molar-refractivity contribution is 5.99. The molecule has 2 unspecified atom stereocenters. The first-order valence-electron chi connectivity index (χ1n) is 18.2. The van der Waals surface area contributed by atoms with Crippen LogP contribution >= 0.6 is 0 Å². The molecule has 2 bridgehead atoms. The van der Waals surface area contributed by atoms with E-state index in [1.807, 2.05) is 93.6 Å². The standard InChI is InChI=1S/C42H48N8O2/c1-26-10-16-34(17-11-26)50-38(25-37(48-50)42(4,5)6)47-41(52)46-32-14-12-29(13-15-32)21-30-22-35-18-19-36(23-30)49(35)39(51)31-8-7-9-33(24-31)45-40-43-27(2)20-28(3)44-40/h7-17,20,24-25,30,35-36H,18-19,21-23H2,1-6H3,(H,43,44,45)(H2,46,47,52). The van der Waals surface area contributed by atoms with E-state index >= 15 is 0 Å². The Morgan fingerprint density at radius 2 is 1.46 bits per heavy atom. The third-order valence-electron chi connectivity index (χ3n) is 10.1. The lowest BCUT2D eigenvalue weighted by Crippen LogP contribution is -2.46. The number of benzene rings is 3. The molecule has 2 aromatic heterocycles. The summed E-state index contributed by atoms with van der Waals surface area (Å²) >= 11 is 0. The number of fused-ring (bicyclic) bond motifs is 2. The maximum Gasteiger partial charge on any atom is 0.324 e. The summed E-state index contributed by atoms with van der Waals surface area (Å²) in [5.74, 6) is 1.74. The highest BCUT2D eigenvalue weighted by Gasteiger charge is 2.43. The fraction of sp³-hybridized carbons (Fsp3) is 0.357. The number of piperidine rings is 1. The minimum Gasteiger partial charge on any atom is -0.333 e. The van der Waals surface area contributed by atoms with Gasteiger partial charge in [0.05, 0.1) is 11.4 Å². The molecule has 3 amide bonds. The topological polar surface area (TPSA) is 117 Å². The van der Waals surface area contributed by atoms with Crippen LogP contribution in [0.3, 0.4) is 0 Å². The van der Waals surface area contributed by atoms with Crippen LogP contribution in [0.2, 0.25) is 0 Å². The maximum atomic E-state index is 13.8. The smallest absolute Gasteiger partial charge is 0.324 e. The minimum atomic E-state index is -0.324. The van der Waals surface area contributed by atoms with Crippen molar-refractivity contribution in [1.29, 1.82) is 0 Å². The lowest BCUT2D eigenvalue weighted by molar-refractivity contribution is 0.0524. The Kier molecular flexibility index (Phi) is 9.57. The third kappa shape index (κ3) is 7.86. The van der Waals surface area contributed by atoms with E-state index in [4.69, 9.17) is 5.10 Å². The number of amides is 3. The Hall–Kier alpha value is -5.51. The summed E-state index contributed by atoms with van der Waals surface area (Å²) in [7, 11) is 0. The molecule has 0 aliphatic carbocycles. The Bertz CT molecular complexity index is 2050. The summed E-state index contributed by atoms with van der Waals surface area (Å²) in [5.41, 5.74) is 7.99. The second-order valence-electron chi connectivity index (χ2n) is 15.5. The number of nitrogens with zero attached hydrogens (tertiary/aromatic N) is 5. The van der Waals surface area contributed by atoms with Gasteiger partial charge in [0.2, 0.25) is 5.95 Å². The van der Waals surface area contributed by atoms with Crippen molar-refractivity contribution in [3.05, 3.63) is 119 Å². The highest BCUT2D eigenvalue weighted by Crippen LogP contribution is 2.41. The number of hydrogen-bond donors (Lipinski definition) is 3. The number of aromatic nitrogens is 4. The van der Waals surface area contributed by atoms with Crippen molar-refractivity contribution in [2.75, 3.05) is 16.0 Å². The van der Waals surface area contributed by atoms with Crippen LogP contribution < -0.4 is 16.0 Å². The van der Waals surface area contributed by atoms with Crippen molar-refractivity contribution >= 4 is 35.1 Å². The van der Waals surface area contributed by atoms with Crippen LogP contribution in [-0.4, -0.2) is 48.7 Å². The summed E-state index contributed by atoms with van der Waals surface area (Å²) in [4.78, 5) is 38.1. The lowest BCUT2D eigenvalue weighted by Gasteiger charge is -2.39. The Morgan fingerprint density at radius 1 is 0.788 bits per heavy atom. The first kappa shape index (κ1) is 34.9. The van der Waals surface area contributed by atoms with E-state index in [2.05, 4.69) is 63.7 Å². The Labute approximate surface area is 306 Å². The van der Waals surface area contributed by atoms with E-state index in [1.165, 1.54) is 5.56 Å². The molecule has 52 heavy (non-hydrogen) atoms. The molecule has 2 aliphatic heterocycles. The summed E-state index contributed by atoms with van der Waals surface area (Å²) in [6.07, 6.45) is 5.01. The molecule has 2 atom stereocenters. The van der Waals surface area contributed by atoms with Crippen molar-refractivity contribution in [2.45, 2.75) is 91.1 Å². The predicted molar refractivity (Wildman–Crippen MR) is 207 cm³/mol. The molecule has 5 aromatic rings. The van der Waals surface area contributed by atoms with Crippen LogP contribution in [0.15, 0.2) is 84.9 Å². The highest BCUT2D eigenvalue weighted by atomic mass is 16.2. The van der Waals surface area contributed by atoms with Crippen LogP contribution in [0.1, 0.15) is 85.0 Å². The van der Waals surface area contributed by atoms with Gasteiger partial charge in [0.25, 0.3) is 5.91 Å². The van der Waals surface area contributed by atoms with E-state index in [1.54, 1.807) is 4.68 Å². The number of aryl methyl sites for hydroxylation is 3. The first-order valence-corrected chi connectivity index (χ1v) is 18.2. The van der Waals surface area contributed by atoms with Crippen LogP contribution in [0, 0.1) is 26.7 Å². The number of anilines is 4. The van der Waals surface area contributed by atoms with Crippen LogP contribution in [-0.2, 0) is 11.8 Å². The Balaban J connectivity index is 0.953. The van der Waals surface area contributed by atoms with Gasteiger partial charge < -0.3 is 15.5 Å². The van der Waals surface area contributed by atoms with Gasteiger partial charge in [-0.3, -0.25) is 10.1 Å². The van der Waals surface area contributed by atoms with Crippen molar-refractivity contribution in [1.82, 2.24) is 24.6 Å². The molecule has 4 heterocycles. The molecule has 0 spiro atoms. The molecule has 2 fully saturated rings. The van der Waals surface area contributed by atoms with Crippen LogP contribution in [0.4, 0.5) is 27.9 Å². The van der Waals surface area contributed by atoms with E-state index in [-0.39, 0.29) is 29.4 Å². The van der Waals surface area contributed by atoms with Gasteiger partial charge >= 0.3 is 6.03 Å². The van der Waals surface area contributed by atoms with Gasteiger partial charge in [0.1, 0.15) is 5.82 Å². The first-order chi connectivity index (χ1) is 24.9. The number of carbonyl (C=O) groups excluding carboxylic acids is 2. The summed E-state index contributed by atoms with van der Waals surface area (Å²) < 4.78 is 1.78. The molecule has 0 radical (unpaired) electrons. The largest absolute Gasteiger partial charge is 0.333 e. The van der Waals surface area contributed by atoms with E-state index in [0.717, 1.165) is 71.8 Å². The monoisotopic (exact) mass is 696 g/mol. The molecule has 0 saturated carbocycles. The van der Waals surface area contributed by atoms with Gasteiger partial charge in [-0.15, -0.1) is 0 Å². The SMILES string of the molecule is Cc1ccc(-n2nc(C(C)(C)C)cc2NC(=O)Nc2ccc(CC3CC4CCC(C3)N4C(=O)c3cccc(Nc4nc(C)cc(C)n4)c3)cc2)cc1. The molecular weight excluding hydrogens is 649 g/mol. The average Bonchev–Trinajstić information content (AvgIpc) is 3.63. The molecular formula is C42H48N8O2. The van der Waals surface area contributed by atoms with Gasteiger partial charge in [0, 0.05) is 51.9 Å². The zero-order valence-electron chi connectivity index (χ0n) is 30.9. The minimum absolute atomic E-state index is 0.0983. The van der Waals surface area contributed by atoms with Crippen molar-refractivity contribution < 1.29 is 9.59 Å². The lowest BCUT2D eigenvalue weighted by atomic mass is 9.85. The average molecular weight is 697 g/mol. The maximum absolute atomic E-state index is 13.8. The molecule has 3 aromatic carbocycles. The number of rotatable bonds is 8.